The minimum absolute atomic E-state index is 0.0335. The summed E-state index contributed by atoms with van der Waals surface area (Å²) in [7, 11) is -2.29. The van der Waals surface area contributed by atoms with Crippen molar-refractivity contribution in [1.82, 2.24) is 10.2 Å². The lowest BCUT2D eigenvalue weighted by Gasteiger charge is -2.31. The van der Waals surface area contributed by atoms with Gasteiger partial charge in [-0.25, -0.2) is 17.2 Å². The van der Waals surface area contributed by atoms with Crippen LogP contribution in [0.3, 0.4) is 0 Å². The Morgan fingerprint density at radius 3 is 2.39 bits per heavy atom. The van der Waals surface area contributed by atoms with E-state index >= 15 is 0 Å². The first-order chi connectivity index (χ1) is 18.0. The van der Waals surface area contributed by atoms with Crippen molar-refractivity contribution < 1.29 is 31.5 Å². The van der Waals surface area contributed by atoms with Crippen LogP contribution in [0.25, 0.3) is 0 Å². The Bertz CT molecular complexity index is 1190. The zero-order valence-corrected chi connectivity index (χ0v) is 23.2. The molecule has 0 fully saturated rings. The third-order valence-electron chi connectivity index (χ3n) is 6.05. The van der Waals surface area contributed by atoms with E-state index < -0.39 is 27.7 Å². The lowest BCUT2D eigenvalue weighted by atomic mass is 10.1. The molecule has 0 bridgehead atoms. The fraction of sp³-hybridized carbons (Fsp3) is 0.481. The summed E-state index contributed by atoms with van der Waals surface area (Å²) in [6.45, 7) is 4.38. The van der Waals surface area contributed by atoms with E-state index in [4.69, 9.17) is 4.74 Å². The van der Waals surface area contributed by atoms with Gasteiger partial charge in [-0.05, 0) is 49.1 Å². The Morgan fingerprint density at radius 2 is 1.79 bits per heavy atom. The fourth-order valence-electron chi connectivity index (χ4n) is 4.04. The zero-order chi connectivity index (χ0) is 28.3. The van der Waals surface area contributed by atoms with Gasteiger partial charge in [0.05, 0.1) is 19.1 Å². The lowest BCUT2D eigenvalue weighted by Crippen LogP contribution is -2.49. The summed E-state index contributed by atoms with van der Waals surface area (Å²) >= 11 is 0. The quantitative estimate of drug-likeness (QED) is 0.333. The number of amides is 2. The number of ether oxygens (including phenoxy) is 1. The van der Waals surface area contributed by atoms with E-state index in [1.54, 1.807) is 25.3 Å². The van der Waals surface area contributed by atoms with Crippen LogP contribution >= 0.6 is 0 Å². The molecule has 1 N–H and O–H groups in total. The molecule has 0 spiro atoms. The number of nitrogens with one attached hydrogen (secondary N) is 1. The molecule has 2 aromatic rings. The predicted octanol–water partition coefficient (Wildman–Crippen LogP) is 4.24. The highest BCUT2D eigenvalue weighted by molar-refractivity contribution is 7.92. The molecule has 0 aliphatic rings. The highest BCUT2D eigenvalue weighted by atomic mass is 32.2. The summed E-state index contributed by atoms with van der Waals surface area (Å²) in [6.07, 6.45) is 3.12. The Hall–Kier alpha value is -3.21. The van der Waals surface area contributed by atoms with Gasteiger partial charge in [0.15, 0.2) is 11.6 Å². The summed E-state index contributed by atoms with van der Waals surface area (Å²) in [6, 6.07) is 9.31. The minimum Gasteiger partial charge on any atom is -0.497 e. The average molecular weight is 554 g/mol. The molecule has 0 aliphatic carbocycles. The van der Waals surface area contributed by atoms with Crippen LogP contribution in [0.4, 0.5) is 14.5 Å². The smallest absolute Gasteiger partial charge is 0.242 e. The summed E-state index contributed by atoms with van der Waals surface area (Å²) in [5, 5.41) is 2.89. The second-order valence-electron chi connectivity index (χ2n) is 8.98. The SMILES string of the molecule is CCCCNC(=O)[C@H](CC)N(Cc1cccc(OC)c1)C(=O)CCCN(c1ccc(F)c(F)c1)S(C)(=O)=O. The van der Waals surface area contributed by atoms with Gasteiger partial charge in [-0.2, -0.15) is 0 Å². The number of carbonyl (C=O) groups excluding carboxylic acids is 2. The number of unbranched alkanes of at least 4 members (excludes halogenated alkanes) is 1. The number of benzene rings is 2. The molecule has 8 nitrogen and oxygen atoms in total. The molecular formula is C27H37F2N3O5S. The first-order valence-electron chi connectivity index (χ1n) is 12.6. The molecule has 11 heteroatoms. The van der Waals surface area contributed by atoms with E-state index in [0.717, 1.165) is 41.1 Å². The first kappa shape index (κ1) is 31.0. The maximum absolute atomic E-state index is 13.8. The number of methoxy groups -OCH3 is 1. The molecule has 0 saturated heterocycles. The standard InChI is InChI=1S/C27H37F2N3O5S/c1-5-7-15-30-27(34)25(6-2)31(19-20-10-8-11-22(17-20)37-3)26(33)12-9-16-32(38(4,35)36)21-13-14-23(28)24(29)18-21/h8,10-11,13-14,17-18,25H,5-7,9,12,15-16,19H2,1-4H3,(H,30,34)/t25-/m0/s1. The van der Waals surface area contributed by atoms with Crippen LogP contribution < -0.4 is 14.4 Å². The number of sulfonamides is 1. The zero-order valence-electron chi connectivity index (χ0n) is 22.4. The van der Waals surface area contributed by atoms with Crippen LogP contribution in [0.15, 0.2) is 42.5 Å². The summed E-state index contributed by atoms with van der Waals surface area (Å²) in [5.41, 5.74) is 0.742. The van der Waals surface area contributed by atoms with E-state index in [9.17, 15) is 26.8 Å². The van der Waals surface area contributed by atoms with E-state index in [1.165, 1.54) is 11.0 Å². The van der Waals surface area contributed by atoms with Gasteiger partial charge in [-0.15, -0.1) is 0 Å². The topological polar surface area (TPSA) is 96.0 Å². The Morgan fingerprint density at radius 1 is 1.05 bits per heavy atom. The summed E-state index contributed by atoms with van der Waals surface area (Å²) < 4.78 is 58.1. The van der Waals surface area contributed by atoms with Crippen molar-refractivity contribution >= 4 is 27.5 Å². The number of hydrogen-bond donors (Lipinski definition) is 1. The van der Waals surface area contributed by atoms with Crippen molar-refractivity contribution in [3.8, 4) is 5.75 Å². The minimum atomic E-state index is -3.83. The molecule has 0 unspecified atom stereocenters. The van der Waals surface area contributed by atoms with Crippen LogP contribution in [-0.4, -0.2) is 57.6 Å². The van der Waals surface area contributed by atoms with Gasteiger partial charge in [0.1, 0.15) is 11.8 Å². The largest absolute Gasteiger partial charge is 0.497 e. The van der Waals surface area contributed by atoms with Crippen molar-refractivity contribution in [2.45, 2.75) is 58.5 Å². The second-order valence-corrected chi connectivity index (χ2v) is 10.9. The molecule has 0 saturated carbocycles. The molecule has 38 heavy (non-hydrogen) atoms. The molecule has 2 amide bonds. The maximum Gasteiger partial charge on any atom is 0.242 e. The molecule has 2 aromatic carbocycles. The molecule has 0 aliphatic heterocycles. The Balaban J connectivity index is 2.23. The molecular weight excluding hydrogens is 516 g/mol. The van der Waals surface area contributed by atoms with Crippen LogP contribution in [0.5, 0.6) is 5.75 Å². The molecule has 0 radical (unpaired) electrons. The van der Waals surface area contributed by atoms with Crippen molar-refractivity contribution in [2.75, 3.05) is 30.8 Å². The van der Waals surface area contributed by atoms with Crippen molar-refractivity contribution in [3.63, 3.8) is 0 Å². The second kappa shape index (κ2) is 14.7. The van der Waals surface area contributed by atoms with Crippen LogP contribution in [0, 0.1) is 11.6 Å². The number of halogens is 2. The highest BCUT2D eigenvalue weighted by Crippen LogP contribution is 2.22. The monoisotopic (exact) mass is 553 g/mol. The molecule has 0 heterocycles. The highest BCUT2D eigenvalue weighted by Gasteiger charge is 2.29. The van der Waals surface area contributed by atoms with Gasteiger partial charge in [0, 0.05) is 32.1 Å². The van der Waals surface area contributed by atoms with Crippen LogP contribution in [0.1, 0.15) is 51.5 Å². The number of anilines is 1. The molecule has 2 rings (SSSR count). The lowest BCUT2D eigenvalue weighted by molar-refractivity contribution is -0.141. The Kier molecular flexibility index (Phi) is 12.0. The van der Waals surface area contributed by atoms with Gasteiger partial charge in [0.25, 0.3) is 0 Å². The maximum atomic E-state index is 13.8. The van der Waals surface area contributed by atoms with E-state index in [1.807, 2.05) is 19.9 Å². The normalized spacial score (nSPS) is 12.1. The molecule has 0 aromatic heterocycles. The Labute approximate surface area is 224 Å². The fourth-order valence-corrected chi connectivity index (χ4v) is 4.99. The number of hydrogen-bond acceptors (Lipinski definition) is 5. The van der Waals surface area contributed by atoms with E-state index in [0.29, 0.717) is 18.7 Å². The van der Waals surface area contributed by atoms with Crippen molar-refractivity contribution in [3.05, 3.63) is 59.7 Å². The molecule has 210 valence electrons. The number of nitrogens with zero attached hydrogens (tertiary/aromatic N) is 2. The van der Waals surface area contributed by atoms with E-state index in [2.05, 4.69) is 5.32 Å². The van der Waals surface area contributed by atoms with Crippen LogP contribution in [0.2, 0.25) is 0 Å². The van der Waals surface area contributed by atoms with Gasteiger partial charge in [-0.1, -0.05) is 32.4 Å². The summed E-state index contributed by atoms with van der Waals surface area (Å²) in [5.74, 6) is -2.23. The van der Waals surface area contributed by atoms with Gasteiger partial charge < -0.3 is 15.0 Å². The van der Waals surface area contributed by atoms with Gasteiger partial charge >= 0.3 is 0 Å². The summed E-state index contributed by atoms with van der Waals surface area (Å²) in [4.78, 5) is 27.9. The third-order valence-corrected chi connectivity index (χ3v) is 7.24. The first-order valence-corrected chi connectivity index (χ1v) is 14.5. The van der Waals surface area contributed by atoms with Crippen molar-refractivity contribution in [1.29, 1.82) is 0 Å². The number of carbonyl (C=O) groups is 2. The van der Waals surface area contributed by atoms with Crippen LogP contribution in [-0.2, 0) is 26.2 Å². The number of rotatable bonds is 15. The van der Waals surface area contributed by atoms with E-state index in [-0.39, 0.29) is 43.4 Å². The predicted molar refractivity (Wildman–Crippen MR) is 143 cm³/mol. The molecule has 1 atom stereocenters. The van der Waals surface area contributed by atoms with Gasteiger partial charge in [-0.3, -0.25) is 13.9 Å². The van der Waals surface area contributed by atoms with Gasteiger partial charge in [0.2, 0.25) is 21.8 Å². The van der Waals surface area contributed by atoms with Crippen molar-refractivity contribution in [2.24, 2.45) is 0 Å². The third kappa shape index (κ3) is 8.97. The average Bonchev–Trinajstić information content (AvgIpc) is 2.87.